The average molecular weight is 153 g/mol. The molecule has 0 aliphatic carbocycles. The van der Waals surface area contributed by atoms with Crippen molar-refractivity contribution in [3.8, 4) is 12.3 Å². The molecule has 2 nitrogen and oxygen atoms in total. The molecule has 0 bridgehead atoms. The lowest BCUT2D eigenvalue weighted by molar-refractivity contribution is -0.0969. The van der Waals surface area contributed by atoms with Crippen LogP contribution in [0.4, 0.5) is 0 Å². The summed E-state index contributed by atoms with van der Waals surface area (Å²) in [5, 5.41) is 9.70. The Labute approximate surface area is 68.2 Å². The molecule has 1 saturated heterocycles. The summed E-state index contributed by atoms with van der Waals surface area (Å²) in [4.78, 5) is 2.08. The monoisotopic (exact) mass is 153 g/mol. The first-order valence-electron chi connectivity index (χ1n) is 4.08. The number of aliphatic hydroxyl groups is 1. The lowest BCUT2D eigenvalue weighted by Gasteiger charge is -2.45. The number of β-amino-alcohol motifs (C(OH)–C–C–N with tert-alkyl or cyclic N) is 1. The van der Waals surface area contributed by atoms with Gasteiger partial charge in [0.2, 0.25) is 0 Å². The van der Waals surface area contributed by atoms with Gasteiger partial charge in [0.25, 0.3) is 0 Å². The third-order valence-corrected chi connectivity index (χ3v) is 2.07. The highest BCUT2D eigenvalue weighted by Gasteiger charge is 2.39. The van der Waals surface area contributed by atoms with E-state index in [4.69, 9.17) is 6.42 Å². The van der Waals surface area contributed by atoms with Gasteiger partial charge in [-0.05, 0) is 6.42 Å². The predicted octanol–water partition coefficient (Wildman–Crippen LogP) is 0.466. The minimum Gasteiger partial charge on any atom is -0.387 e. The topological polar surface area (TPSA) is 23.5 Å². The van der Waals surface area contributed by atoms with Gasteiger partial charge in [-0.1, -0.05) is 19.3 Å². The highest BCUT2D eigenvalue weighted by Crippen LogP contribution is 2.24. The molecule has 0 aromatic rings. The van der Waals surface area contributed by atoms with Crippen LogP contribution in [-0.2, 0) is 0 Å². The molecular weight excluding hydrogens is 138 g/mol. The van der Waals surface area contributed by atoms with Gasteiger partial charge < -0.3 is 5.11 Å². The molecule has 0 aromatic heterocycles. The van der Waals surface area contributed by atoms with Crippen molar-refractivity contribution in [2.45, 2.75) is 25.4 Å². The summed E-state index contributed by atoms with van der Waals surface area (Å²) < 4.78 is 0. The van der Waals surface area contributed by atoms with Crippen LogP contribution in [0.1, 0.15) is 19.8 Å². The SMILES string of the molecule is C#CCN1CC(O)(CCC)C1. The predicted molar refractivity (Wildman–Crippen MR) is 45.1 cm³/mol. The van der Waals surface area contributed by atoms with E-state index in [0.29, 0.717) is 6.54 Å². The number of hydrogen-bond acceptors (Lipinski definition) is 2. The fourth-order valence-corrected chi connectivity index (χ4v) is 1.65. The van der Waals surface area contributed by atoms with Crippen LogP contribution in [-0.4, -0.2) is 35.2 Å². The average Bonchev–Trinajstić information content (AvgIpc) is 1.85. The van der Waals surface area contributed by atoms with Crippen molar-refractivity contribution in [3.05, 3.63) is 0 Å². The van der Waals surface area contributed by atoms with Crippen molar-refractivity contribution >= 4 is 0 Å². The molecule has 0 atom stereocenters. The van der Waals surface area contributed by atoms with E-state index in [9.17, 15) is 5.11 Å². The summed E-state index contributed by atoms with van der Waals surface area (Å²) in [6.45, 7) is 4.27. The van der Waals surface area contributed by atoms with Gasteiger partial charge >= 0.3 is 0 Å². The van der Waals surface area contributed by atoms with Crippen molar-refractivity contribution in [2.24, 2.45) is 0 Å². The number of nitrogens with zero attached hydrogens (tertiary/aromatic N) is 1. The Kier molecular flexibility index (Phi) is 2.53. The van der Waals surface area contributed by atoms with Gasteiger partial charge in [0.1, 0.15) is 0 Å². The zero-order chi connectivity index (χ0) is 8.32. The van der Waals surface area contributed by atoms with Gasteiger partial charge in [-0.25, -0.2) is 0 Å². The van der Waals surface area contributed by atoms with E-state index in [1.165, 1.54) is 0 Å². The van der Waals surface area contributed by atoms with E-state index in [0.717, 1.165) is 25.9 Å². The molecule has 0 saturated carbocycles. The summed E-state index contributed by atoms with van der Waals surface area (Å²) in [5.74, 6) is 2.56. The maximum absolute atomic E-state index is 9.70. The summed E-state index contributed by atoms with van der Waals surface area (Å²) in [5.41, 5.74) is -0.425. The van der Waals surface area contributed by atoms with Crippen molar-refractivity contribution in [1.29, 1.82) is 0 Å². The van der Waals surface area contributed by atoms with Crippen molar-refractivity contribution in [2.75, 3.05) is 19.6 Å². The van der Waals surface area contributed by atoms with E-state index in [1.807, 2.05) is 0 Å². The fourth-order valence-electron chi connectivity index (χ4n) is 1.65. The first-order chi connectivity index (χ1) is 5.20. The molecule has 0 amide bonds. The number of likely N-dealkylation sites (tertiary alicyclic amines) is 1. The molecule has 0 unspecified atom stereocenters. The number of terminal acetylenes is 1. The molecule has 11 heavy (non-hydrogen) atoms. The standard InChI is InChI=1S/C9H15NO/c1-3-5-9(11)7-10(8-9)6-4-2/h2,11H,3,5-8H2,1H3. The van der Waals surface area contributed by atoms with E-state index < -0.39 is 5.60 Å². The maximum atomic E-state index is 9.70. The van der Waals surface area contributed by atoms with Crippen LogP contribution in [0.2, 0.25) is 0 Å². The molecule has 2 heteroatoms. The molecule has 1 rings (SSSR count). The third-order valence-electron chi connectivity index (χ3n) is 2.07. The summed E-state index contributed by atoms with van der Waals surface area (Å²) >= 11 is 0. The molecular formula is C9H15NO. The van der Waals surface area contributed by atoms with Gasteiger partial charge in [-0.3, -0.25) is 4.90 Å². The molecule has 1 fully saturated rings. The van der Waals surface area contributed by atoms with Gasteiger partial charge in [0.05, 0.1) is 12.1 Å². The van der Waals surface area contributed by atoms with E-state index >= 15 is 0 Å². The molecule has 62 valence electrons. The molecule has 1 N–H and O–H groups in total. The van der Waals surface area contributed by atoms with E-state index in [-0.39, 0.29) is 0 Å². The molecule has 0 aromatic carbocycles. The van der Waals surface area contributed by atoms with Crippen LogP contribution in [0.5, 0.6) is 0 Å². The van der Waals surface area contributed by atoms with E-state index in [1.54, 1.807) is 0 Å². The van der Waals surface area contributed by atoms with Gasteiger partial charge in [0.15, 0.2) is 0 Å². The lowest BCUT2D eigenvalue weighted by Crippen LogP contribution is -2.61. The zero-order valence-electron chi connectivity index (χ0n) is 7.01. The van der Waals surface area contributed by atoms with Crippen molar-refractivity contribution < 1.29 is 5.11 Å². The highest BCUT2D eigenvalue weighted by molar-refractivity contribution is 5.00. The molecule has 0 spiro atoms. The molecule has 1 aliphatic rings. The summed E-state index contributed by atoms with van der Waals surface area (Å²) in [6, 6.07) is 0. The van der Waals surface area contributed by atoms with Crippen LogP contribution < -0.4 is 0 Å². The molecule has 0 radical (unpaired) electrons. The zero-order valence-corrected chi connectivity index (χ0v) is 7.01. The van der Waals surface area contributed by atoms with Crippen molar-refractivity contribution in [1.82, 2.24) is 4.90 Å². The highest BCUT2D eigenvalue weighted by atomic mass is 16.3. The van der Waals surface area contributed by atoms with Crippen LogP contribution >= 0.6 is 0 Å². The van der Waals surface area contributed by atoms with E-state index in [2.05, 4.69) is 17.7 Å². The number of rotatable bonds is 3. The smallest absolute Gasteiger partial charge is 0.0900 e. The second kappa shape index (κ2) is 3.25. The van der Waals surface area contributed by atoms with Gasteiger partial charge in [0, 0.05) is 13.1 Å². The lowest BCUT2D eigenvalue weighted by atomic mass is 9.89. The first-order valence-corrected chi connectivity index (χ1v) is 4.08. The summed E-state index contributed by atoms with van der Waals surface area (Å²) in [7, 11) is 0. The van der Waals surface area contributed by atoms with Gasteiger partial charge in [-0.15, -0.1) is 6.42 Å². The second-order valence-electron chi connectivity index (χ2n) is 3.32. The Morgan fingerprint density at radius 3 is 2.73 bits per heavy atom. The Bertz CT molecular complexity index is 165. The molecule has 1 aliphatic heterocycles. The van der Waals surface area contributed by atoms with Crippen LogP contribution in [0.15, 0.2) is 0 Å². The first kappa shape index (κ1) is 8.58. The minimum atomic E-state index is -0.425. The fraction of sp³-hybridized carbons (Fsp3) is 0.778. The Morgan fingerprint density at radius 2 is 2.27 bits per heavy atom. The van der Waals surface area contributed by atoms with Crippen LogP contribution in [0, 0.1) is 12.3 Å². The Balaban J connectivity index is 2.22. The Morgan fingerprint density at radius 1 is 1.64 bits per heavy atom. The van der Waals surface area contributed by atoms with Gasteiger partial charge in [-0.2, -0.15) is 0 Å². The van der Waals surface area contributed by atoms with Crippen LogP contribution in [0.3, 0.4) is 0 Å². The minimum absolute atomic E-state index is 0.425. The largest absolute Gasteiger partial charge is 0.387 e. The van der Waals surface area contributed by atoms with Crippen molar-refractivity contribution in [3.63, 3.8) is 0 Å². The quantitative estimate of drug-likeness (QED) is 0.596. The normalized spacial score (nSPS) is 22.3. The second-order valence-corrected chi connectivity index (χ2v) is 3.32. The number of hydrogen-bond donors (Lipinski definition) is 1. The third kappa shape index (κ3) is 1.95. The van der Waals surface area contributed by atoms with Crippen LogP contribution in [0.25, 0.3) is 0 Å². The molecule has 1 heterocycles. The summed E-state index contributed by atoms with van der Waals surface area (Å²) in [6.07, 6.45) is 7.07. The Hall–Kier alpha value is -0.520. The maximum Gasteiger partial charge on any atom is 0.0900 e.